The molecular formula is C11H22N2O6. The van der Waals surface area contributed by atoms with Crippen LogP contribution >= 0.6 is 0 Å². The number of aliphatic carboxylic acids is 1. The summed E-state index contributed by atoms with van der Waals surface area (Å²) in [7, 11) is 0. The van der Waals surface area contributed by atoms with E-state index in [9.17, 15) is 9.59 Å². The Bertz CT molecular complexity index is 249. The SMILES string of the molecule is NCCOCCOCCOCCC(=O)NCC(=O)O. The van der Waals surface area contributed by atoms with Gasteiger partial charge in [0.15, 0.2) is 0 Å². The molecule has 4 N–H and O–H groups in total. The van der Waals surface area contributed by atoms with Crippen LogP contribution in [0.1, 0.15) is 6.42 Å². The predicted octanol–water partition coefficient (Wildman–Crippen LogP) is -1.41. The number of carbonyl (C=O) groups excluding carboxylic acids is 1. The van der Waals surface area contributed by atoms with E-state index in [1.165, 1.54) is 0 Å². The lowest BCUT2D eigenvalue weighted by molar-refractivity contribution is -0.138. The zero-order valence-corrected chi connectivity index (χ0v) is 10.9. The highest BCUT2D eigenvalue weighted by Gasteiger charge is 2.03. The largest absolute Gasteiger partial charge is 0.480 e. The molecule has 0 saturated heterocycles. The first kappa shape index (κ1) is 17.8. The van der Waals surface area contributed by atoms with Gasteiger partial charge in [-0.05, 0) is 0 Å². The topological polar surface area (TPSA) is 120 Å². The molecule has 0 radical (unpaired) electrons. The minimum atomic E-state index is -1.07. The fourth-order valence-corrected chi connectivity index (χ4v) is 1.05. The number of carboxylic acid groups (broad SMARTS) is 1. The van der Waals surface area contributed by atoms with E-state index in [1.54, 1.807) is 0 Å². The van der Waals surface area contributed by atoms with Crippen molar-refractivity contribution in [2.45, 2.75) is 6.42 Å². The van der Waals surface area contributed by atoms with Gasteiger partial charge >= 0.3 is 5.97 Å². The molecule has 0 aliphatic carbocycles. The van der Waals surface area contributed by atoms with E-state index in [0.717, 1.165) is 0 Å². The Morgan fingerprint density at radius 2 is 1.47 bits per heavy atom. The van der Waals surface area contributed by atoms with Crippen LogP contribution in [0.4, 0.5) is 0 Å². The second-order valence-electron chi connectivity index (χ2n) is 3.55. The second-order valence-corrected chi connectivity index (χ2v) is 3.55. The summed E-state index contributed by atoms with van der Waals surface area (Å²) in [6.07, 6.45) is 0.132. The molecule has 0 aromatic carbocycles. The highest BCUT2D eigenvalue weighted by atomic mass is 16.5. The molecule has 1 amide bonds. The number of ether oxygens (including phenoxy) is 3. The number of rotatable bonds is 13. The van der Waals surface area contributed by atoms with Crippen LogP contribution < -0.4 is 11.1 Å². The van der Waals surface area contributed by atoms with Gasteiger partial charge in [-0.1, -0.05) is 0 Å². The van der Waals surface area contributed by atoms with Gasteiger partial charge in [-0.3, -0.25) is 9.59 Å². The van der Waals surface area contributed by atoms with Crippen molar-refractivity contribution in [3.05, 3.63) is 0 Å². The van der Waals surface area contributed by atoms with Gasteiger partial charge in [0.1, 0.15) is 6.54 Å². The molecule has 8 nitrogen and oxygen atoms in total. The summed E-state index contributed by atoms with van der Waals surface area (Å²) in [6, 6.07) is 0. The average molecular weight is 278 g/mol. The molecule has 0 saturated carbocycles. The molecule has 0 aromatic rings. The summed E-state index contributed by atoms with van der Waals surface area (Å²) in [4.78, 5) is 21.2. The normalized spacial score (nSPS) is 10.4. The molecule has 112 valence electrons. The van der Waals surface area contributed by atoms with Crippen LogP contribution in [0.5, 0.6) is 0 Å². The van der Waals surface area contributed by atoms with Crippen LogP contribution in [-0.2, 0) is 23.8 Å². The first-order valence-corrected chi connectivity index (χ1v) is 6.08. The molecule has 8 heteroatoms. The molecule has 0 fully saturated rings. The summed E-state index contributed by atoms with van der Waals surface area (Å²) in [5.74, 6) is -1.42. The third kappa shape index (κ3) is 14.7. The van der Waals surface area contributed by atoms with E-state index in [-0.39, 0.29) is 25.5 Å². The van der Waals surface area contributed by atoms with Crippen molar-refractivity contribution in [3.8, 4) is 0 Å². The Hall–Kier alpha value is -1.22. The van der Waals surface area contributed by atoms with Gasteiger partial charge in [0, 0.05) is 13.0 Å². The van der Waals surface area contributed by atoms with Gasteiger partial charge in [-0.2, -0.15) is 0 Å². The van der Waals surface area contributed by atoms with Gasteiger partial charge in [-0.25, -0.2) is 0 Å². The number of hydrogen-bond acceptors (Lipinski definition) is 6. The van der Waals surface area contributed by atoms with Crippen molar-refractivity contribution >= 4 is 11.9 Å². The molecule has 0 rings (SSSR count). The van der Waals surface area contributed by atoms with Gasteiger partial charge in [-0.15, -0.1) is 0 Å². The molecule has 0 aliphatic heterocycles. The van der Waals surface area contributed by atoms with E-state index in [2.05, 4.69) is 5.32 Å². The van der Waals surface area contributed by atoms with E-state index < -0.39 is 5.97 Å². The monoisotopic (exact) mass is 278 g/mol. The van der Waals surface area contributed by atoms with E-state index in [4.69, 9.17) is 25.1 Å². The first-order valence-electron chi connectivity index (χ1n) is 6.08. The Labute approximate surface area is 112 Å². The van der Waals surface area contributed by atoms with Crippen molar-refractivity contribution in [2.24, 2.45) is 5.73 Å². The number of nitrogens with one attached hydrogen (secondary N) is 1. The Morgan fingerprint density at radius 1 is 0.947 bits per heavy atom. The van der Waals surface area contributed by atoms with Crippen molar-refractivity contribution in [2.75, 3.05) is 52.7 Å². The fraction of sp³-hybridized carbons (Fsp3) is 0.818. The van der Waals surface area contributed by atoms with Crippen molar-refractivity contribution in [1.82, 2.24) is 5.32 Å². The number of amides is 1. The lowest BCUT2D eigenvalue weighted by atomic mass is 10.4. The Morgan fingerprint density at radius 3 is 2.00 bits per heavy atom. The van der Waals surface area contributed by atoms with Crippen LogP contribution in [0.3, 0.4) is 0 Å². The van der Waals surface area contributed by atoms with Crippen LogP contribution in [0.25, 0.3) is 0 Å². The third-order valence-electron chi connectivity index (χ3n) is 1.92. The molecular weight excluding hydrogens is 256 g/mol. The van der Waals surface area contributed by atoms with Crippen LogP contribution in [0, 0.1) is 0 Å². The summed E-state index contributed by atoms with van der Waals surface area (Å²) in [5, 5.41) is 10.6. The van der Waals surface area contributed by atoms with Gasteiger partial charge < -0.3 is 30.4 Å². The highest BCUT2D eigenvalue weighted by Crippen LogP contribution is 1.85. The smallest absolute Gasteiger partial charge is 0.322 e. The van der Waals surface area contributed by atoms with E-state index >= 15 is 0 Å². The minimum absolute atomic E-state index is 0.132. The molecule has 0 bridgehead atoms. The number of nitrogens with two attached hydrogens (primary N) is 1. The lowest BCUT2D eigenvalue weighted by Crippen LogP contribution is -2.30. The quantitative estimate of drug-likeness (QED) is 0.354. The van der Waals surface area contributed by atoms with Crippen molar-refractivity contribution in [1.29, 1.82) is 0 Å². The molecule has 19 heavy (non-hydrogen) atoms. The molecule has 0 aromatic heterocycles. The highest BCUT2D eigenvalue weighted by molar-refractivity contribution is 5.81. The Kier molecular flexibility index (Phi) is 12.4. The summed E-state index contributed by atoms with van der Waals surface area (Å²) >= 11 is 0. The average Bonchev–Trinajstić information content (AvgIpc) is 2.38. The first-order chi connectivity index (χ1) is 9.16. The van der Waals surface area contributed by atoms with Crippen molar-refractivity contribution in [3.63, 3.8) is 0 Å². The Balaban J connectivity index is 3.13. The maximum Gasteiger partial charge on any atom is 0.322 e. The molecule has 0 spiro atoms. The maximum atomic E-state index is 11.1. The van der Waals surface area contributed by atoms with Gasteiger partial charge in [0.2, 0.25) is 5.91 Å². The van der Waals surface area contributed by atoms with Crippen molar-refractivity contribution < 1.29 is 28.9 Å². The minimum Gasteiger partial charge on any atom is -0.480 e. The van der Waals surface area contributed by atoms with Crippen LogP contribution in [0.2, 0.25) is 0 Å². The van der Waals surface area contributed by atoms with Gasteiger partial charge in [0.05, 0.1) is 39.6 Å². The number of hydrogen-bond donors (Lipinski definition) is 3. The summed E-state index contributed by atoms with van der Waals surface area (Å²) < 4.78 is 15.4. The fourth-order valence-electron chi connectivity index (χ4n) is 1.05. The maximum absolute atomic E-state index is 11.1. The number of carboxylic acids is 1. The van der Waals surface area contributed by atoms with Crippen LogP contribution in [-0.4, -0.2) is 69.7 Å². The van der Waals surface area contributed by atoms with Gasteiger partial charge in [0.25, 0.3) is 0 Å². The zero-order valence-electron chi connectivity index (χ0n) is 10.9. The standard InChI is InChI=1S/C11H22N2O6/c12-2-4-18-6-8-19-7-5-17-3-1-10(14)13-9-11(15)16/h1-9,12H2,(H,13,14)(H,15,16). The zero-order chi connectivity index (χ0) is 14.3. The third-order valence-corrected chi connectivity index (χ3v) is 1.92. The predicted molar refractivity (Wildman–Crippen MR) is 66.8 cm³/mol. The number of carbonyl (C=O) groups is 2. The van der Waals surface area contributed by atoms with E-state index in [0.29, 0.717) is 39.6 Å². The second kappa shape index (κ2) is 13.2. The molecule has 0 heterocycles. The van der Waals surface area contributed by atoms with Crippen LogP contribution in [0.15, 0.2) is 0 Å². The lowest BCUT2D eigenvalue weighted by Gasteiger charge is -2.06. The molecule has 0 atom stereocenters. The molecule has 0 unspecified atom stereocenters. The van der Waals surface area contributed by atoms with E-state index in [1.807, 2.05) is 0 Å². The molecule has 0 aliphatic rings. The summed E-state index contributed by atoms with van der Waals surface area (Å²) in [5.41, 5.74) is 5.24. The summed E-state index contributed by atoms with van der Waals surface area (Å²) in [6.45, 7) is 2.64.